The van der Waals surface area contributed by atoms with E-state index in [1.165, 1.54) is 12.1 Å². The molecule has 18 heavy (non-hydrogen) atoms. The number of thioether (sulfide) groups is 1. The first-order chi connectivity index (χ1) is 8.38. The first kappa shape index (κ1) is 13.2. The van der Waals surface area contributed by atoms with Gasteiger partial charge in [-0.1, -0.05) is 0 Å². The van der Waals surface area contributed by atoms with Gasteiger partial charge in [-0.2, -0.15) is 8.78 Å². The highest BCUT2D eigenvalue weighted by Crippen LogP contribution is 2.51. The van der Waals surface area contributed by atoms with Gasteiger partial charge in [0.25, 0.3) is 6.43 Å². The number of ether oxygens (including phenoxy) is 1. The molecule has 7 heteroatoms. The maximum Gasteiger partial charge on any atom is 0.360 e. The monoisotopic (exact) mass is 280 g/mol. The van der Waals surface area contributed by atoms with Crippen LogP contribution in [-0.4, -0.2) is 17.6 Å². The smallest absolute Gasteiger partial charge is 0.360 e. The molecule has 98 valence electrons. The molecule has 2 nitrogen and oxygen atoms in total. The fraction of sp³-hybridized carbons (Fsp3) is 0.364. The number of carbonyl (C=O) groups is 1. The van der Waals surface area contributed by atoms with E-state index in [1.807, 2.05) is 0 Å². The summed E-state index contributed by atoms with van der Waals surface area (Å²) in [4.78, 5) is 11.3. The van der Waals surface area contributed by atoms with Gasteiger partial charge in [-0.3, -0.25) is 4.79 Å². The highest BCUT2D eigenvalue weighted by molar-refractivity contribution is 8.01. The molecule has 0 saturated heterocycles. The van der Waals surface area contributed by atoms with Gasteiger partial charge in [0, 0.05) is 4.90 Å². The fourth-order valence-corrected chi connectivity index (χ4v) is 2.64. The number of rotatable bonds is 3. The van der Waals surface area contributed by atoms with Gasteiger partial charge in [-0.05, 0) is 30.8 Å². The number of halogens is 4. The van der Waals surface area contributed by atoms with E-state index in [0.29, 0.717) is 0 Å². The molecular weight excluding hydrogens is 272 g/mol. The van der Waals surface area contributed by atoms with E-state index < -0.39 is 28.6 Å². The van der Waals surface area contributed by atoms with Crippen molar-refractivity contribution < 1.29 is 27.1 Å². The molecule has 1 aromatic rings. The molecule has 0 aliphatic carbocycles. The lowest BCUT2D eigenvalue weighted by Crippen LogP contribution is -2.20. The maximum absolute atomic E-state index is 13.2. The third-order valence-electron chi connectivity index (χ3n) is 2.41. The van der Waals surface area contributed by atoms with Gasteiger partial charge in [0.15, 0.2) is 0 Å². The largest absolute Gasteiger partial charge is 0.493 e. The van der Waals surface area contributed by atoms with Crippen LogP contribution in [0.2, 0.25) is 0 Å². The molecule has 0 N–H and O–H groups in total. The Morgan fingerprint density at radius 3 is 2.61 bits per heavy atom. The SMILES string of the molecule is CCOc1ccc2c(c1C(F)F)C(=O)C(F)(F)S2. The summed E-state index contributed by atoms with van der Waals surface area (Å²) in [5.41, 5.74) is -1.37. The average molecular weight is 280 g/mol. The van der Waals surface area contributed by atoms with Crippen molar-refractivity contribution in [3.05, 3.63) is 23.3 Å². The second-order valence-electron chi connectivity index (χ2n) is 3.53. The number of hydrogen-bond acceptors (Lipinski definition) is 3. The van der Waals surface area contributed by atoms with Crippen molar-refractivity contribution in [3.8, 4) is 5.75 Å². The Morgan fingerprint density at radius 2 is 2.06 bits per heavy atom. The quantitative estimate of drug-likeness (QED) is 0.785. The highest BCUT2D eigenvalue weighted by Gasteiger charge is 2.50. The summed E-state index contributed by atoms with van der Waals surface area (Å²) in [6.07, 6.45) is -3.04. The molecule has 1 aliphatic rings. The van der Waals surface area contributed by atoms with Gasteiger partial charge < -0.3 is 4.74 Å². The van der Waals surface area contributed by atoms with E-state index in [1.54, 1.807) is 6.92 Å². The van der Waals surface area contributed by atoms with Crippen molar-refractivity contribution in [3.63, 3.8) is 0 Å². The molecule has 0 aromatic heterocycles. The number of Topliss-reactive ketones (excluding diaryl/α,β-unsaturated/α-hetero) is 1. The zero-order valence-corrected chi connectivity index (χ0v) is 9.99. The average Bonchev–Trinajstić information content (AvgIpc) is 2.50. The predicted molar refractivity (Wildman–Crippen MR) is 57.7 cm³/mol. The Morgan fingerprint density at radius 1 is 1.39 bits per heavy atom. The number of fused-ring (bicyclic) bond motifs is 1. The maximum atomic E-state index is 13.2. The standard InChI is InChI=1S/C11H8F4O2S/c1-2-17-5-3-4-6-8(7(5)10(12)13)9(16)11(14,15)18-6/h3-4,10H,2H2,1H3. The topological polar surface area (TPSA) is 26.3 Å². The zero-order chi connectivity index (χ0) is 13.5. The minimum absolute atomic E-state index is 0.0120. The summed E-state index contributed by atoms with van der Waals surface area (Å²) in [5.74, 6) is -1.81. The van der Waals surface area contributed by atoms with E-state index >= 15 is 0 Å². The Labute approximate surface area is 104 Å². The van der Waals surface area contributed by atoms with Crippen molar-refractivity contribution in [2.45, 2.75) is 23.5 Å². The second kappa shape index (κ2) is 4.46. The third-order valence-corrected chi connectivity index (χ3v) is 3.42. The second-order valence-corrected chi connectivity index (χ2v) is 4.69. The Kier molecular flexibility index (Phi) is 3.27. The van der Waals surface area contributed by atoms with Crippen molar-refractivity contribution in [2.24, 2.45) is 0 Å². The predicted octanol–water partition coefficient (Wildman–Crippen LogP) is 3.90. The number of benzene rings is 1. The van der Waals surface area contributed by atoms with Crippen molar-refractivity contribution in [1.29, 1.82) is 0 Å². The molecule has 0 saturated carbocycles. The summed E-state index contributed by atoms with van der Waals surface area (Å²) in [7, 11) is 0. The molecule has 1 heterocycles. The van der Waals surface area contributed by atoms with E-state index in [2.05, 4.69) is 0 Å². The number of ketones is 1. The molecule has 0 atom stereocenters. The van der Waals surface area contributed by atoms with Crippen LogP contribution in [0.25, 0.3) is 0 Å². The molecule has 1 aromatic carbocycles. The number of alkyl halides is 4. The van der Waals surface area contributed by atoms with Crippen LogP contribution in [0.3, 0.4) is 0 Å². The summed E-state index contributed by atoms with van der Waals surface area (Å²) >= 11 is -0.0120. The lowest BCUT2D eigenvalue weighted by atomic mass is 10.0. The van der Waals surface area contributed by atoms with Gasteiger partial charge in [0.05, 0.1) is 17.7 Å². The van der Waals surface area contributed by atoms with Crippen LogP contribution >= 0.6 is 11.8 Å². The van der Waals surface area contributed by atoms with Crippen LogP contribution in [-0.2, 0) is 0 Å². The summed E-state index contributed by atoms with van der Waals surface area (Å²) in [6, 6.07) is 2.39. The molecule has 1 aliphatic heterocycles. The number of carbonyl (C=O) groups excluding carboxylic acids is 1. The Bertz CT molecular complexity index is 502. The molecule has 0 radical (unpaired) electrons. The van der Waals surface area contributed by atoms with Gasteiger partial charge >= 0.3 is 5.25 Å². The van der Waals surface area contributed by atoms with E-state index in [0.717, 1.165) is 0 Å². The van der Waals surface area contributed by atoms with Crippen molar-refractivity contribution in [2.75, 3.05) is 6.61 Å². The zero-order valence-electron chi connectivity index (χ0n) is 9.18. The van der Waals surface area contributed by atoms with Crippen LogP contribution < -0.4 is 4.74 Å². The molecule has 0 spiro atoms. The first-order valence-electron chi connectivity index (χ1n) is 5.08. The molecular formula is C11H8F4O2S. The van der Waals surface area contributed by atoms with E-state index in [9.17, 15) is 22.4 Å². The molecule has 0 unspecified atom stereocenters. The highest BCUT2D eigenvalue weighted by atomic mass is 32.2. The van der Waals surface area contributed by atoms with E-state index in [-0.39, 0.29) is 29.0 Å². The first-order valence-corrected chi connectivity index (χ1v) is 5.89. The van der Waals surface area contributed by atoms with Crippen LogP contribution in [0.15, 0.2) is 17.0 Å². The van der Waals surface area contributed by atoms with Crippen LogP contribution in [0.1, 0.15) is 29.3 Å². The normalized spacial score (nSPS) is 17.1. The lowest BCUT2D eigenvalue weighted by molar-refractivity contribution is 0.0573. The summed E-state index contributed by atoms with van der Waals surface area (Å²) in [6.45, 7) is 1.68. The van der Waals surface area contributed by atoms with E-state index in [4.69, 9.17) is 4.74 Å². The molecule has 0 bridgehead atoms. The van der Waals surface area contributed by atoms with Crippen molar-refractivity contribution >= 4 is 17.5 Å². The van der Waals surface area contributed by atoms with Gasteiger partial charge in [0.2, 0.25) is 5.78 Å². The summed E-state index contributed by atoms with van der Waals surface area (Å²) in [5, 5.41) is -3.68. The van der Waals surface area contributed by atoms with Crippen LogP contribution in [0, 0.1) is 0 Å². The van der Waals surface area contributed by atoms with Gasteiger partial charge in [-0.15, -0.1) is 0 Å². The molecule has 0 amide bonds. The van der Waals surface area contributed by atoms with Crippen molar-refractivity contribution in [1.82, 2.24) is 0 Å². The summed E-state index contributed by atoms with van der Waals surface area (Å²) < 4.78 is 57.3. The number of hydrogen-bond donors (Lipinski definition) is 0. The van der Waals surface area contributed by atoms with Crippen LogP contribution in [0.4, 0.5) is 17.6 Å². The minimum atomic E-state index is -3.68. The fourth-order valence-electron chi connectivity index (χ4n) is 1.73. The lowest BCUT2D eigenvalue weighted by Gasteiger charge is -2.12. The Balaban J connectivity index is 2.62. The van der Waals surface area contributed by atoms with Gasteiger partial charge in [-0.25, -0.2) is 8.78 Å². The van der Waals surface area contributed by atoms with Crippen LogP contribution in [0.5, 0.6) is 5.75 Å². The molecule has 0 fully saturated rings. The third kappa shape index (κ3) is 1.96. The minimum Gasteiger partial charge on any atom is -0.493 e. The van der Waals surface area contributed by atoms with Gasteiger partial charge in [0.1, 0.15) is 5.75 Å². The Hall–Kier alpha value is -1.24. The molecule has 2 rings (SSSR count).